The van der Waals surface area contributed by atoms with E-state index in [1.54, 1.807) is 0 Å². The van der Waals surface area contributed by atoms with E-state index in [1.807, 2.05) is 33.7 Å². The molecule has 0 bridgehead atoms. The molecule has 1 aromatic carbocycles. The number of fused-ring (bicyclic) bond motifs is 1. The summed E-state index contributed by atoms with van der Waals surface area (Å²) in [5, 5.41) is 9.25. The molecule has 1 aliphatic rings. The lowest BCUT2D eigenvalue weighted by Gasteiger charge is -2.33. The van der Waals surface area contributed by atoms with E-state index in [2.05, 4.69) is 11.9 Å². The molecule has 0 saturated carbocycles. The molecule has 5 nitrogen and oxygen atoms in total. The number of aliphatic hydroxyl groups is 1. The standard InChI is InChI=1S/C17H23N3O2/c1-13-6-4-5-10-19(13)17(22)12-20-15-8-3-2-7-14(15)18-16(20)9-11-21/h2-3,7-8,13,21H,4-6,9-12H2,1H3/t13-/m1/s1. The Labute approximate surface area is 130 Å². The molecule has 1 aromatic heterocycles. The average Bonchev–Trinajstić information content (AvgIpc) is 2.86. The highest BCUT2D eigenvalue weighted by Crippen LogP contribution is 2.20. The largest absolute Gasteiger partial charge is 0.396 e. The van der Waals surface area contributed by atoms with Gasteiger partial charge in [-0.05, 0) is 38.3 Å². The molecule has 0 unspecified atom stereocenters. The fraction of sp³-hybridized carbons (Fsp3) is 0.529. The number of hydrogen-bond donors (Lipinski definition) is 1. The summed E-state index contributed by atoms with van der Waals surface area (Å²) in [6.07, 6.45) is 3.84. The first-order chi connectivity index (χ1) is 10.7. The zero-order chi connectivity index (χ0) is 15.5. The zero-order valence-electron chi connectivity index (χ0n) is 13.0. The third-order valence-electron chi connectivity index (χ3n) is 4.49. The third kappa shape index (κ3) is 2.86. The topological polar surface area (TPSA) is 58.4 Å². The summed E-state index contributed by atoms with van der Waals surface area (Å²) < 4.78 is 1.95. The van der Waals surface area contributed by atoms with Gasteiger partial charge in [-0.15, -0.1) is 0 Å². The SMILES string of the molecule is C[C@@H]1CCCCN1C(=O)Cn1c(CCO)nc2ccccc21. The molecule has 1 fully saturated rings. The van der Waals surface area contributed by atoms with E-state index in [-0.39, 0.29) is 12.5 Å². The number of imidazole rings is 1. The highest BCUT2D eigenvalue weighted by atomic mass is 16.3. The number of carbonyl (C=O) groups is 1. The minimum Gasteiger partial charge on any atom is -0.396 e. The van der Waals surface area contributed by atoms with Crippen molar-refractivity contribution in [2.45, 2.75) is 45.2 Å². The summed E-state index contributed by atoms with van der Waals surface area (Å²) in [6.45, 7) is 3.32. The van der Waals surface area contributed by atoms with Crippen LogP contribution in [0.25, 0.3) is 11.0 Å². The number of piperidine rings is 1. The fourth-order valence-corrected chi connectivity index (χ4v) is 3.29. The summed E-state index contributed by atoms with van der Waals surface area (Å²) in [5.41, 5.74) is 1.84. The van der Waals surface area contributed by atoms with Crippen molar-refractivity contribution in [3.8, 4) is 0 Å². The van der Waals surface area contributed by atoms with E-state index >= 15 is 0 Å². The number of carbonyl (C=O) groups excluding carboxylic acids is 1. The molecule has 1 amide bonds. The molecule has 0 spiro atoms. The molecule has 1 atom stereocenters. The summed E-state index contributed by atoms with van der Waals surface area (Å²) in [5.74, 6) is 0.927. The van der Waals surface area contributed by atoms with Crippen molar-refractivity contribution in [2.75, 3.05) is 13.2 Å². The van der Waals surface area contributed by atoms with Crippen LogP contribution in [0.15, 0.2) is 24.3 Å². The van der Waals surface area contributed by atoms with Crippen molar-refractivity contribution < 1.29 is 9.90 Å². The van der Waals surface area contributed by atoms with Crippen molar-refractivity contribution in [2.24, 2.45) is 0 Å². The molecule has 1 N–H and O–H groups in total. The maximum Gasteiger partial charge on any atom is 0.242 e. The maximum absolute atomic E-state index is 12.7. The van der Waals surface area contributed by atoms with Crippen molar-refractivity contribution in [3.05, 3.63) is 30.1 Å². The van der Waals surface area contributed by atoms with Gasteiger partial charge in [0, 0.05) is 19.0 Å². The number of nitrogens with zero attached hydrogens (tertiary/aromatic N) is 3. The highest BCUT2D eigenvalue weighted by molar-refractivity contribution is 5.81. The molecule has 3 rings (SSSR count). The Balaban J connectivity index is 1.88. The number of aliphatic hydroxyl groups excluding tert-OH is 1. The lowest BCUT2D eigenvalue weighted by molar-refractivity contribution is -0.135. The lowest BCUT2D eigenvalue weighted by Crippen LogP contribution is -2.43. The van der Waals surface area contributed by atoms with Gasteiger partial charge in [-0.1, -0.05) is 12.1 Å². The molecular weight excluding hydrogens is 278 g/mol. The number of benzene rings is 1. The summed E-state index contributed by atoms with van der Waals surface area (Å²) >= 11 is 0. The Bertz CT molecular complexity index is 665. The van der Waals surface area contributed by atoms with Gasteiger partial charge < -0.3 is 14.6 Å². The quantitative estimate of drug-likeness (QED) is 0.939. The van der Waals surface area contributed by atoms with Crippen LogP contribution in [0.3, 0.4) is 0 Å². The molecule has 1 saturated heterocycles. The number of hydrogen-bond acceptors (Lipinski definition) is 3. The van der Waals surface area contributed by atoms with Crippen LogP contribution < -0.4 is 0 Å². The van der Waals surface area contributed by atoms with Crippen molar-refractivity contribution >= 4 is 16.9 Å². The summed E-state index contributed by atoms with van der Waals surface area (Å²) in [6, 6.07) is 8.14. The van der Waals surface area contributed by atoms with Gasteiger partial charge in [0.2, 0.25) is 5.91 Å². The number of amides is 1. The minimum absolute atomic E-state index is 0.0393. The predicted octanol–water partition coefficient (Wildman–Crippen LogP) is 1.97. The second kappa shape index (κ2) is 6.48. The van der Waals surface area contributed by atoms with Crippen LogP contribution >= 0.6 is 0 Å². The van der Waals surface area contributed by atoms with Crippen LogP contribution in [0.5, 0.6) is 0 Å². The van der Waals surface area contributed by atoms with Crippen LogP contribution in [0.1, 0.15) is 32.0 Å². The van der Waals surface area contributed by atoms with E-state index in [4.69, 9.17) is 0 Å². The molecule has 0 aliphatic carbocycles. The molecule has 22 heavy (non-hydrogen) atoms. The van der Waals surface area contributed by atoms with E-state index in [1.165, 1.54) is 6.42 Å². The Morgan fingerprint density at radius 3 is 2.95 bits per heavy atom. The van der Waals surface area contributed by atoms with E-state index < -0.39 is 0 Å². The molecule has 118 valence electrons. The van der Waals surface area contributed by atoms with Gasteiger partial charge in [0.05, 0.1) is 17.6 Å². The normalized spacial score (nSPS) is 18.8. The molecule has 1 aliphatic heterocycles. The van der Waals surface area contributed by atoms with E-state index in [0.717, 1.165) is 36.2 Å². The summed E-state index contributed by atoms with van der Waals surface area (Å²) in [4.78, 5) is 19.2. The van der Waals surface area contributed by atoms with Crippen LogP contribution in [0.2, 0.25) is 0 Å². The smallest absolute Gasteiger partial charge is 0.242 e. The lowest BCUT2D eigenvalue weighted by atomic mass is 10.0. The molecular formula is C17H23N3O2. The first-order valence-electron chi connectivity index (χ1n) is 8.05. The van der Waals surface area contributed by atoms with Gasteiger partial charge in [-0.25, -0.2) is 4.98 Å². The number of aromatic nitrogens is 2. The second-order valence-corrected chi connectivity index (χ2v) is 6.01. The molecule has 2 heterocycles. The summed E-state index contributed by atoms with van der Waals surface area (Å²) in [7, 11) is 0. The van der Waals surface area contributed by atoms with Gasteiger partial charge in [0.1, 0.15) is 12.4 Å². The molecule has 5 heteroatoms. The Morgan fingerprint density at radius 2 is 2.18 bits per heavy atom. The average molecular weight is 301 g/mol. The maximum atomic E-state index is 12.7. The molecule has 0 radical (unpaired) electrons. The second-order valence-electron chi connectivity index (χ2n) is 6.01. The van der Waals surface area contributed by atoms with Crippen molar-refractivity contribution in [1.29, 1.82) is 0 Å². The van der Waals surface area contributed by atoms with Crippen molar-refractivity contribution in [1.82, 2.24) is 14.5 Å². The Morgan fingerprint density at radius 1 is 1.36 bits per heavy atom. The third-order valence-corrected chi connectivity index (χ3v) is 4.49. The first-order valence-corrected chi connectivity index (χ1v) is 8.05. The first kappa shape index (κ1) is 15.0. The zero-order valence-corrected chi connectivity index (χ0v) is 13.0. The van der Waals surface area contributed by atoms with E-state index in [0.29, 0.717) is 19.0 Å². The van der Waals surface area contributed by atoms with Gasteiger partial charge in [0.15, 0.2) is 0 Å². The monoisotopic (exact) mass is 301 g/mol. The van der Waals surface area contributed by atoms with Crippen LogP contribution in [0, 0.1) is 0 Å². The van der Waals surface area contributed by atoms with Crippen LogP contribution in [-0.2, 0) is 17.8 Å². The highest BCUT2D eigenvalue weighted by Gasteiger charge is 2.24. The Hall–Kier alpha value is -1.88. The van der Waals surface area contributed by atoms with Gasteiger partial charge in [0.25, 0.3) is 0 Å². The van der Waals surface area contributed by atoms with Crippen LogP contribution in [0.4, 0.5) is 0 Å². The number of para-hydroxylation sites is 2. The number of likely N-dealkylation sites (tertiary alicyclic amines) is 1. The van der Waals surface area contributed by atoms with E-state index in [9.17, 15) is 9.90 Å². The van der Waals surface area contributed by atoms with Gasteiger partial charge in [-0.2, -0.15) is 0 Å². The minimum atomic E-state index is 0.0393. The van der Waals surface area contributed by atoms with Gasteiger partial charge in [-0.3, -0.25) is 4.79 Å². The van der Waals surface area contributed by atoms with Gasteiger partial charge >= 0.3 is 0 Å². The van der Waals surface area contributed by atoms with Crippen LogP contribution in [-0.4, -0.2) is 44.7 Å². The fourth-order valence-electron chi connectivity index (χ4n) is 3.29. The Kier molecular flexibility index (Phi) is 4.43. The molecule has 2 aromatic rings. The number of rotatable bonds is 4. The van der Waals surface area contributed by atoms with Crippen molar-refractivity contribution in [3.63, 3.8) is 0 Å². The predicted molar refractivity (Wildman–Crippen MR) is 85.5 cm³/mol.